The molecule has 0 radical (unpaired) electrons. The van der Waals surface area contributed by atoms with Gasteiger partial charge in [-0.1, -0.05) is 49.7 Å². The van der Waals surface area contributed by atoms with Gasteiger partial charge in [-0.15, -0.1) is 21.5 Å². The molecule has 3 aromatic rings. The number of para-hydroxylation sites is 1. The smallest absolute Gasteiger partial charge is 0.341 e. The van der Waals surface area contributed by atoms with Crippen molar-refractivity contribution in [3.8, 4) is 5.75 Å². The Balaban J connectivity index is 1.41. The summed E-state index contributed by atoms with van der Waals surface area (Å²) in [7, 11) is 0. The molecule has 1 unspecified atom stereocenters. The van der Waals surface area contributed by atoms with Gasteiger partial charge in [0, 0.05) is 11.4 Å². The van der Waals surface area contributed by atoms with Crippen LogP contribution in [-0.2, 0) is 40.3 Å². The van der Waals surface area contributed by atoms with Crippen LogP contribution in [0.4, 0.5) is 5.00 Å². The summed E-state index contributed by atoms with van der Waals surface area (Å²) in [6.45, 7) is 6.72. The number of rotatable bonds is 14. The van der Waals surface area contributed by atoms with Crippen LogP contribution in [0.15, 0.2) is 35.5 Å². The predicted octanol–water partition coefficient (Wildman–Crippen LogP) is 5.40. The zero-order valence-electron chi connectivity index (χ0n) is 24.4. The molecular formula is C30H39N5O5S2. The van der Waals surface area contributed by atoms with Gasteiger partial charge in [0.15, 0.2) is 17.6 Å². The molecule has 2 heterocycles. The molecule has 2 N–H and O–H groups in total. The van der Waals surface area contributed by atoms with Crippen molar-refractivity contribution in [3.05, 3.63) is 52.2 Å². The molecule has 226 valence electrons. The van der Waals surface area contributed by atoms with Crippen LogP contribution in [0.2, 0.25) is 0 Å². The molecule has 1 aliphatic rings. The van der Waals surface area contributed by atoms with Crippen molar-refractivity contribution < 1.29 is 23.9 Å². The van der Waals surface area contributed by atoms with E-state index in [-0.39, 0.29) is 37.5 Å². The Bertz CT molecular complexity index is 1360. The molecule has 0 fully saturated rings. The van der Waals surface area contributed by atoms with Crippen LogP contribution in [-0.4, -0.2) is 51.0 Å². The quantitative estimate of drug-likeness (QED) is 0.141. The highest BCUT2D eigenvalue weighted by molar-refractivity contribution is 8.00. The number of benzene rings is 1. The number of thiophene rings is 1. The fourth-order valence-electron chi connectivity index (χ4n) is 4.65. The highest BCUT2D eigenvalue weighted by Crippen LogP contribution is 2.38. The van der Waals surface area contributed by atoms with Crippen molar-refractivity contribution in [1.82, 2.24) is 20.1 Å². The van der Waals surface area contributed by atoms with Gasteiger partial charge in [-0.05, 0) is 63.6 Å². The molecule has 1 aliphatic carbocycles. The average Bonchev–Trinajstić information content (AvgIpc) is 3.44. The van der Waals surface area contributed by atoms with Gasteiger partial charge in [0.2, 0.25) is 5.91 Å². The van der Waals surface area contributed by atoms with E-state index >= 15 is 0 Å². The first kappa shape index (κ1) is 31.6. The highest BCUT2D eigenvalue weighted by atomic mass is 32.2. The van der Waals surface area contributed by atoms with Crippen molar-refractivity contribution in [2.24, 2.45) is 0 Å². The number of nitrogens with one attached hydrogen (secondary N) is 2. The Morgan fingerprint density at radius 1 is 1.10 bits per heavy atom. The van der Waals surface area contributed by atoms with E-state index in [9.17, 15) is 14.4 Å². The monoisotopic (exact) mass is 613 g/mol. The van der Waals surface area contributed by atoms with Crippen LogP contribution in [0.1, 0.15) is 79.5 Å². The van der Waals surface area contributed by atoms with E-state index in [1.807, 2.05) is 29.7 Å². The maximum atomic E-state index is 13.4. The molecule has 42 heavy (non-hydrogen) atoms. The number of hydrogen-bond acceptors (Lipinski definition) is 9. The molecule has 0 saturated carbocycles. The molecular weight excluding hydrogens is 574 g/mol. The lowest BCUT2D eigenvalue weighted by Crippen LogP contribution is -2.29. The number of nitrogens with zero attached hydrogens (tertiary/aromatic N) is 3. The molecule has 2 amide bonds. The van der Waals surface area contributed by atoms with Crippen molar-refractivity contribution >= 4 is 45.9 Å². The first-order chi connectivity index (χ1) is 20.4. The molecule has 0 aliphatic heterocycles. The number of amides is 2. The van der Waals surface area contributed by atoms with Crippen LogP contribution in [0.5, 0.6) is 5.75 Å². The number of carbonyl (C=O) groups excluding carboxylic acids is 3. The number of unbranched alkanes of at least 4 members (excludes halogenated alkanes) is 1. The molecule has 2 aromatic heterocycles. The number of ether oxygens (including phenoxy) is 2. The Hall–Kier alpha value is -3.38. The lowest BCUT2D eigenvalue weighted by Gasteiger charge is -2.14. The standard InChI is InChI=1S/C30H39N5O5S2/c1-4-6-17-35-24(18-31-25(36)19-40-21-13-9-7-10-14-21)33-34-30(35)41-20(3)27(37)32-28-26(29(38)39-5-2)22-15-11-8-12-16-23(22)42-28/h7,9-10,13-14,20H,4-6,8,11-12,15-19H2,1-3H3,(H,31,36)(H,32,37). The van der Waals surface area contributed by atoms with Gasteiger partial charge >= 0.3 is 5.97 Å². The van der Waals surface area contributed by atoms with Crippen LogP contribution < -0.4 is 15.4 Å². The second kappa shape index (κ2) is 15.7. The average molecular weight is 614 g/mol. The molecule has 4 rings (SSSR count). The summed E-state index contributed by atoms with van der Waals surface area (Å²) in [5.41, 5.74) is 1.52. The molecule has 12 heteroatoms. The van der Waals surface area contributed by atoms with E-state index in [0.717, 1.165) is 55.4 Å². The summed E-state index contributed by atoms with van der Waals surface area (Å²) in [4.78, 5) is 39.8. The lowest BCUT2D eigenvalue weighted by molar-refractivity contribution is -0.123. The lowest BCUT2D eigenvalue weighted by atomic mass is 10.1. The van der Waals surface area contributed by atoms with Gasteiger partial charge in [0.1, 0.15) is 10.8 Å². The number of carbonyl (C=O) groups is 3. The minimum absolute atomic E-state index is 0.105. The number of anilines is 1. The maximum absolute atomic E-state index is 13.4. The Morgan fingerprint density at radius 3 is 2.64 bits per heavy atom. The summed E-state index contributed by atoms with van der Waals surface area (Å²) in [5.74, 6) is 0.362. The van der Waals surface area contributed by atoms with E-state index in [2.05, 4.69) is 27.8 Å². The van der Waals surface area contributed by atoms with Gasteiger partial charge in [0.25, 0.3) is 5.91 Å². The van der Waals surface area contributed by atoms with Crippen LogP contribution in [0.3, 0.4) is 0 Å². The van der Waals surface area contributed by atoms with Crippen molar-refractivity contribution in [2.75, 3.05) is 18.5 Å². The van der Waals surface area contributed by atoms with Gasteiger partial charge in [0.05, 0.1) is 24.0 Å². The Kier molecular flexibility index (Phi) is 11.8. The van der Waals surface area contributed by atoms with Crippen LogP contribution in [0.25, 0.3) is 0 Å². The zero-order chi connectivity index (χ0) is 29.9. The van der Waals surface area contributed by atoms with Crippen LogP contribution >= 0.6 is 23.1 Å². The van der Waals surface area contributed by atoms with Gasteiger partial charge in [-0.25, -0.2) is 4.79 Å². The Labute approximate surface area is 255 Å². The van der Waals surface area contributed by atoms with Gasteiger partial charge < -0.3 is 24.7 Å². The molecule has 10 nitrogen and oxygen atoms in total. The first-order valence-electron chi connectivity index (χ1n) is 14.6. The summed E-state index contributed by atoms with van der Waals surface area (Å²) in [5, 5.41) is 15.2. The normalized spacial score (nSPS) is 13.5. The van der Waals surface area contributed by atoms with E-state index < -0.39 is 5.25 Å². The summed E-state index contributed by atoms with van der Waals surface area (Å²) < 4.78 is 12.8. The molecule has 1 atom stereocenters. The number of fused-ring (bicyclic) bond motifs is 1. The molecule has 0 spiro atoms. The van der Waals surface area contributed by atoms with Gasteiger partial charge in [-0.3, -0.25) is 9.59 Å². The largest absolute Gasteiger partial charge is 0.484 e. The SMILES string of the molecule is CCCCn1c(CNC(=O)COc2ccccc2)nnc1SC(C)C(=O)Nc1sc2c(c1C(=O)OCC)CCCCC2. The minimum atomic E-state index is -0.506. The fourth-order valence-corrected chi connectivity index (χ4v) is 6.82. The van der Waals surface area contributed by atoms with Crippen molar-refractivity contribution in [2.45, 2.75) is 89.2 Å². The van der Waals surface area contributed by atoms with Crippen molar-refractivity contribution in [1.29, 1.82) is 0 Å². The van der Waals surface area contributed by atoms with E-state index in [1.54, 1.807) is 19.1 Å². The zero-order valence-corrected chi connectivity index (χ0v) is 26.1. The first-order valence-corrected chi connectivity index (χ1v) is 16.3. The van der Waals surface area contributed by atoms with E-state index in [1.165, 1.54) is 23.1 Å². The summed E-state index contributed by atoms with van der Waals surface area (Å²) >= 11 is 2.79. The number of thioether (sulfide) groups is 1. The number of aromatic nitrogens is 3. The predicted molar refractivity (Wildman–Crippen MR) is 164 cm³/mol. The van der Waals surface area contributed by atoms with Crippen LogP contribution in [0, 0.1) is 0 Å². The van der Waals surface area contributed by atoms with E-state index in [4.69, 9.17) is 9.47 Å². The van der Waals surface area contributed by atoms with Gasteiger partial charge in [-0.2, -0.15) is 0 Å². The number of esters is 1. The molecule has 0 bridgehead atoms. The maximum Gasteiger partial charge on any atom is 0.341 e. The minimum Gasteiger partial charge on any atom is -0.484 e. The third-order valence-electron chi connectivity index (χ3n) is 6.87. The van der Waals surface area contributed by atoms with Crippen molar-refractivity contribution in [3.63, 3.8) is 0 Å². The Morgan fingerprint density at radius 2 is 1.88 bits per heavy atom. The highest BCUT2D eigenvalue weighted by Gasteiger charge is 2.28. The molecule has 0 saturated heterocycles. The molecule has 1 aromatic carbocycles. The second-order valence-corrected chi connectivity index (χ2v) is 12.4. The summed E-state index contributed by atoms with van der Waals surface area (Å²) in [6, 6.07) is 9.16. The number of hydrogen-bond donors (Lipinski definition) is 2. The third-order valence-corrected chi connectivity index (χ3v) is 9.16. The topological polar surface area (TPSA) is 124 Å². The third kappa shape index (κ3) is 8.34. The second-order valence-electron chi connectivity index (χ2n) is 10.0. The fraction of sp³-hybridized carbons (Fsp3) is 0.500. The summed E-state index contributed by atoms with van der Waals surface area (Å²) in [6.07, 6.45) is 6.81. The number of aryl methyl sites for hydroxylation is 1. The van der Waals surface area contributed by atoms with E-state index in [0.29, 0.717) is 33.8 Å².